The Labute approximate surface area is 44.6 Å². The zero-order chi connectivity index (χ0) is 5.70. The molecule has 0 radical (unpaired) electrons. The van der Waals surface area contributed by atoms with E-state index in [-0.39, 0.29) is 6.54 Å². The van der Waals surface area contributed by atoms with Crippen LogP contribution >= 0.6 is 0 Å². The van der Waals surface area contributed by atoms with Crippen molar-refractivity contribution in [3.8, 4) is 0 Å². The van der Waals surface area contributed by atoms with E-state index in [0.29, 0.717) is 11.7 Å². The lowest BCUT2D eigenvalue weighted by Crippen LogP contribution is -2.24. The fourth-order valence-electron chi connectivity index (χ4n) is 0.0900. The minimum Gasteiger partial charge on any atom is -0.548 e. The SMILES string of the molecule is N[S+]=NCC(=O)[O-]. The number of rotatable bonds is 2. The van der Waals surface area contributed by atoms with Gasteiger partial charge in [-0.2, -0.15) is 0 Å². The number of nitrogens with zero attached hydrogens (tertiary/aromatic N) is 1. The van der Waals surface area contributed by atoms with Gasteiger partial charge in [0.2, 0.25) is 0 Å². The Kier molecular flexibility index (Phi) is 3.35. The molecule has 0 aromatic heterocycles. The van der Waals surface area contributed by atoms with E-state index in [1.807, 2.05) is 0 Å². The van der Waals surface area contributed by atoms with Gasteiger partial charge >= 0.3 is 11.7 Å². The first kappa shape index (κ1) is 6.45. The molecule has 0 aromatic rings. The fraction of sp³-hybridized carbons (Fsp3) is 0.500. The molecule has 4 nitrogen and oxygen atoms in total. The molecule has 0 unspecified atom stereocenters. The maximum absolute atomic E-state index is 9.48. The molecule has 0 aliphatic heterocycles. The highest BCUT2D eigenvalue weighted by molar-refractivity contribution is 7.65. The first-order valence-electron chi connectivity index (χ1n) is 1.50. The quantitative estimate of drug-likeness (QED) is 0.334. The van der Waals surface area contributed by atoms with Crippen molar-refractivity contribution < 1.29 is 9.90 Å². The van der Waals surface area contributed by atoms with Crippen molar-refractivity contribution >= 4 is 17.7 Å². The van der Waals surface area contributed by atoms with Crippen LogP contribution in [0.15, 0.2) is 4.36 Å². The van der Waals surface area contributed by atoms with E-state index in [1.54, 1.807) is 0 Å². The predicted molar refractivity (Wildman–Crippen MR) is 23.9 cm³/mol. The van der Waals surface area contributed by atoms with Crippen molar-refractivity contribution in [3.05, 3.63) is 0 Å². The fourth-order valence-corrected chi connectivity index (χ4v) is 0.270. The van der Waals surface area contributed by atoms with E-state index in [1.165, 1.54) is 0 Å². The lowest BCUT2D eigenvalue weighted by Gasteiger charge is -1.84. The topological polar surface area (TPSA) is 78.5 Å². The molecule has 0 aliphatic carbocycles. The van der Waals surface area contributed by atoms with Gasteiger partial charge in [-0.15, -0.1) is 0 Å². The van der Waals surface area contributed by atoms with Crippen molar-refractivity contribution in [2.75, 3.05) is 6.54 Å². The zero-order valence-corrected chi connectivity index (χ0v) is 4.27. The third-order valence-electron chi connectivity index (χ3n) is 0.268. The summed E-state index contributed by atoms with van der Waals surface area (Å²) in [6.45, 7) is -0.332. The van der Waals surface area contributed by atoms with Crippen LogP contribution in [0.1, 0.15) is 0 Å². The second kappa shape index (κ2) is 3.63. The minimum atomic E-state index is -1.21. The molecule has 0 aliphatic rings. The molecule has 0 aromatic carbocycles. The number of nitrogens with two attached hydrogens (primary N) is 1. The molecule has 0 rings (SSSR count). The van der Waals surface area contributed by atoms with E-state index >= 15 is 0 Å². The Bertz CT molecular complexity index is 91.7. The van der Waals surface area contributed by atoms with Crippen LogP contribution in [0, 0.1) is 0 Å². The van der Waals surface area contributed by atoms with Gasteiger partial charge in [0.1, 0.15) is 6.54 Å². The molecule has 0 saturated carbocycles. The van der Waals surface area contributed by atoms with Gasteiger partial charge in [0, 0.05) is 4.36 Å². The van der Waals surface area contributed by atoms with Crippen molar-refractivity contribution in [2.45, 2.75) is 0 Å². The Morgan fingerprint density at radius 3 is 2.71 bits per heavy atom. The molecule has 2 N–H and O–H groups in total. The number of carbonyl (C=O) groups excluding carboxylic acids is 1. The summed E-state index contributed by atoms with van der Waals surface area (Å²) in [5, 5.41) is 14.2. The van der Waals surface area contributed by atoms with Gasteiger partial charge in [0.05, 0.1) is 5.97 Å². The van der Waals surface area contributed by atoms with E-state index in [2.05, 4.69) is 4.36 Å². The third kappa shape index (κ3) is 5.45. The summed E-state index contributed by atoms with van der Waals surface area (Å²) in [4.78, 5) is 9.48. The Hall–Kier alpha value is -0.550. The van der Waals surface area contributed by atoms with Crippen LogP contribution in [-0.2, 0) is 16.5 Å². The van der Waals surface area contributed by atoms with Gasteiger partial charge in [0.25, 0.3) is 0 Å². The predicted octanol–water partition coefficient (Wildman–Crippen LogP) is -2.12. The van der Waals surface area contributed by atoms with Gasteiger partial charge in [-0.3, -0.25) is 0 Å². The van der Waals surface area contributed by atoms with Gasteiger partial charge in [-0.1, -0.05) is 5.14 Å². The Morgan fingerprint density at radius 2 is 2.57 bits per heavy atom. The van der Waals surface area contributed by atoms with E-state index in [0.717, 1.165) is 0 Å². The zero-order valence-electron chi connectivity index (χ0n) is 3.46. The molecule has 0 atom stereocenters. The van der Waals surface area contributed by atoms with E-state index in [9.17, 15) is 9.90 Å². The number of aliphatic carboxylic acids is 1. The number of hydrogen-bond acceptors (Lipinski definition) is 3. The summed E-state index contributed by atoms with van der Waals surface area (Å²) >= 11 is 0.634. The molecule has 0 fully saturated rings. The minimum absolute atomic E-state index is 0.332. The molecular weight excluding hydrogens is 116 g/mol. The van der Waals surface area contributed by atoms with Crippen LogP contribution in [-0.4, -0.2) is 12.5 Å². The molecular formula is C2H4N2O2S. The molecule has 0 saturated heterocycles. The maximum Gasteiger partial charge on any atom is 0.435 e. The number of carboxylic acids is 1. The molecule has 40 valence electrons. The van der Waals surface area contributed by atoms with Crippen molar-refractivity contribution in [3.63, 3.8) is 0 Å². The van der Waals surface area contributed by atoms with Crippen molar-refractivity contribution in [2.24, 2.45) is 9.50 Å². The third-order valence-corrected chi connectivity index (χ3v) is 0.546. The lowest BCUT2D eigenvalue weighted by molar-refractivity contribution is -0.303. The number of carbonyl (C=O) groups is 1. The Morgan fingerprint density at radius 1 is 2.00 bits per heavy atom. The highest BCUT2D eigenvalue weighted by atomic mass is 32.1. The van der Waals surface area contributed by atoms with Crippen LogP contribution in [0.2, 0.25) is 0 Å². The largest absolute Gasteiger partial charge is 0.548 e. The summed E-state index contributed by atoms with van der Waals surface area (Å²) in [6, 6.07) is 0. The van der Waals surface area contributed by atoms with Gasteiger partial charge in [-0.25, -0.2) is 0 Å². The second-order valence-electron chi connectivity index (χ2n) is 0.765. The molecule has 0 amide bonds. The molecule has 0 bridgehead atoms. The monoisotopic (exact) mass is 120 g/mol. The average molecular weight is 120 g/mol. The number of hydrogen-bond donors (Lipinski definition) is 1. The van der Waals surface area contributed by atoms with E-state index in [4.69, 9.17) is 5.14 Å². The van der Waals surface area contributed by atoms with Crippen LogP contribution < -0.4 is 10.2 Å². The summed E-state index contributed by atoms with van der Waals surface area (Å²) < 4.78 is 3.20. The van der Waals surface area contributed by atoms with Crippen LogP contribution in [0.4, 0.5) is 0 Å². The summed E-state index contributed by atoms with van der Waals surface area (Å²) in [5.74, 6) is -1.21. The summed E-state index contributed by atoms with van der Waals surface area (Å²) in [5.41, 5.74) is 0. The van der Waals surface area contributed by atoms with Crippen LogP contribution in [0.3, 0.4) is 0 Å². The standard InChI is InChI=1S/C2H4N2O2S/c3-7-4-1-2(5)6/h1H2,(H2-,3,4,5,6). The average Bonchev–Trinajstić information content (AvgIpc) is 1.61. The second-order valence-corrected chi connectivity index (χ2v) is 1.23. The van der Waals surface area contributed by atoms with Crippen LogP contribution in [0.5, 0.6) is 0 Å². The maximum atomic E-state index is 9.48. The number of carboxylic acid groups (broad SMARTS) is 1. The smallest absolute Gasteiger partial charge is 0.435 e. The first-order valence-corrected chi connectivity index (χ1v) is 2.33. The normalized spacial score (nSPS) is 9.86. The highest BCUT2D eigenvalue weighted by Gasteiger charge is 1.83. The van der Waals surface area contributed by atoms with Gasteiger partial charge < -0.3 is 9.90 Å². The van der Waals surface area contributed by atoms with E-state index < -0.39 is 5.97 Å². The van der Waals surface area contributed by atoms with Crippen molar-refractivity contribution in [1.82, 2.24) is 0 Å². The first-order chi connectivity index (χ1) is 3.27. The summed E-state index contributed by atoms with van der Waals surface area (Å²) in [7, 11) is 0. The Balaban J connectivity index is 3.14. The molecule has 0 heterocycles. The lowest BCUT2D eigenvalue weighted by atomic mass is 10.7. The van der Waals surface area contributed by atoms with Gasteiger partial charge in [-0.05, 0) is 0 Å². The molecule has 0 spiro atoms. The molecule has 5 heteroatoms. The van der Waals surface area contributed by atoms with Gasteiger partial charge in [0.15, 0.2) is 0 Å². The highest BCUT2D eigenvalue weighted by Crippen LogP contribution is 1.60. The molecule has 7 heavy (non-hydrogen) atoms. The van der Waals surface area contributed by atoms with Crippen LogP contribution in [0.25, 0.3) is 0 Å². The van der Waals surface area contributed by atoms with Crippen molar-refractivity contribution in [1.29, 1.82) is 0 Å². The summed E-state index contributed by atoms with van der Waals surface area (Å²) in [6.07, 6.45) is 0.